The van der Waals surface area contributed by atoms with Crippen molar-refractivity contribution in [2.45, 2.75) is 116 Å². The van der Waals surface area contributed by atoms with Gasteiger partial charge in [-0.15, -0.1) is 0 Å². The fourth-order valence-electron chi connectivity index (χ4n) is 5.62. The summed E-state index contributed by atoms with van der Waals surface area (Å²) in [5.74, 6) is -0.202. The van der Waals surface area contributed by atoms with Gasteiger partial charge in [-0.25, -0.2) is 0 Å². The molecule has 0 aromatic heterocycles. The lowest BCUT2D eigenvalue weighted by molar-refractivity contribution is -0.154. The average molecular weight is 526 g/mol. The van der Waals surface area contributed by atoms with Gasteiger partial charge in [0.2, 0.25) is 5.91 Å². The van der Waals surface area contributed by atoms with Crippen LogP contribution in [-0.4, -0.2) is 42.4 Å². The number of primary amides is 1. The van der Waals surface area contributed by atoms with Crippen LogP contribution in [0, 0.1) is 11.8 Å². The highest BCUT2D eigenvalue weighted by atomic mass is 16.5. The summed E-state index contributed by atoms with van der Waals surface area (Å²) in [6, 6.07) is 0. The molecule has 0 spiro atoms. The van der Waals surface area contributed by atoms with Crippen LogP contribution in [0.15, 0.2) is 59.8 Å². The average Bonchev–Trinajstić information content (AvgIpc) is 2.85. The summed E-state index contributed by atoms with van der Waals surface area (Å²) < 4.78 is 19.0. The number of hydrogen-bond acceptors (Lipinski definition) is 5. The lowest BCUT2D eigenvalue weighted by Crippen LogP contribution is -2.37. The summed E-state index contributed by atoms with van der Waals surface area (Å²) in [4.78, 5) is 24.1. The van der Waals surface area contributed by atoms with E-state index in [9.17, 15) is 9.59 Å². The van der Waals surface area contributed by atoms with Crippen molar-refractivity contribution in [2.24, 2.45) is 17.6 Å². The largest absolute Gasteiger partial charge is 0.457 e. The fraction of sp³-hybridized carbons (Fsp3) is 0.625. The summed E-state index contributed by atoms with van der Waals surface area (Å²) in [6.07, 6.45) is 23.4. The van der Waals surface area contributed by atoms with Crippen molar-refractivity contribution in [1.82, 2.24) is 0 Å². The Morgan fingerprint density at radius 3 is 2.42 bits per heavy atom. The van der Waals surface area contributed by atoms with Crippen LogP contribution in [0.2, 0.25) is 0 Å². The highest BCUT2D eigenvalue weighted by Crippen LogP contribution is 2.33. The summed E-state index contributed by atoms with van der Waals surface area (Å²) in [5, 5.41) is 0. The summed E-state index contributed by atoms with van der Waals surface area (Å²) >= 11 is 0. The van der Waals surface area contributed by atoms with Crippen molar-refractivity contribution in [3.63, 3.8) is 0 Å². The number of fused-ring (bicyclic) bond motifs is 4. The molecule has 3 rings (SSSR count). The van der Waals surface area contributed by atoms with Gasteiger partial charge in [-0.05, 0) is 64.4 Å². The van der Waals surface area contributed by atoms with Crippen molar-refractivity contribution in [3.8, 4) is 0 Å². The number of nitrogens with two attached hydrogens (primary N) is 1. The zero-order chi connectivity index (χ0) is 27.5. The Morgan fingerprint density at radius 2 is 1.68 bits per heavy atom. The molecule has 4 bridgehead atoms. The first-order valence-electron chi connectivity index (χ1n) is 14.3. The summed E-state index contributed by atoms with van der Waals surface area (Å²) in [7, 11) is 0. The predicted octanol–water partition coefficient (Wildman–Crippen LogP) is 6.28. The number of carbonyl (C=O) groups excluding carboxylic acids is 2. The van der Waals surface area contributed by atoms with Gasteiger partial charge in [-0.1, -0.05) is 67.5 Å². The summed E-state index contributed by atoms with van der Waals surface area (Å²) in [5.41, 5.74) is 7.48. The highest BCUT2D eigenvalue weighted by molar-refractivity contribution is 5.76. The molecule has 6 nitrogen and oxygen atoms in total. The van der Waals surface area contributed by atoms with Gasteiger partial charge in [0.15, 0.2) is 0 Å². The first-order chi connectivity index (χ1) is 18.2. The van der Waals surface area contributed by atoms with Gasteiger partial charge in [0.25, 0.3) is 0 Å². The first-order valence-corrected chi connectivity index (χ1v) is 14.3. The Bertz CT molecular complexity index is 945. The minimum Gasteiger partial charge on any atom is -0.457 e. The molecule has 3 heterocycles. The van der Waals surface area contributed by atoms with Gasteiger partial charge in [0.1, 0.15) is 6.10 Å². The van der Waals surface area contributed by atoms with Crippen LogP contribution in [0.3, 0.4) is 0 Å². The normalized spacial score (nSPS) is 35.9. The van der Waals surface area contributed by atoms with E-state index >= 15 is 0 Å². The van der Waals surface area contributed by atoms with E-state index in [-0.39, 0.29) is 55.1 Å². The molecule has 6 heteroatoms. The number of cyclic esters (lactones) is 1. The Hall–Kier alpha value is -2.44. The maximum absolute atomic E-state index is 13.1. The van der Waals surface area contributed by atoms with E-state index in [2.05, 4.69) is 39.0 Å². The topological polar surface area (TPSA) is 87.9 Å². The maximum Gasteiger partial charge on any atom is 0.309 e. The van der Waals surface area contributed by atoms with E-state index < -0.39 is 6.10 Å². The second kappa shape index (κ2) is 15.2. The molecule has 1 amide bonds. The number of carbonyl (C=O) groups is 2. The second-order valence-corrected chi connectivity index (χ2v) is 11.3. The van der Waals surface area contributed by atoms with E-state index in [0.29, 0.717) is 5.92 Å². The fourth-order valence-corrected chi connectivity index (χ4v) is 5.62. The Labute approximate surface area is 229 Å². The Morgan fingerprint density at radius 1 is 0.974 bits per heavy atom. The Balaban J connectivity index is 1.77. The van der Waals surface area contributed by atoms with Gasteiger partial charge >= 0.3 is 5.97 Å². The van der Waals surface area contributed by atoms with Gasteiger partial charge in [0, 0.05) is 18.8 Å². The van der Waals surface area contributed by atoms with Crippen LogP contribution >= 0.6 is 0 Å². The van der Waals surface area contributed by atoms with Crippen LogP contribution in [0.1, 0.15) is 85.5 Å². The quantitative estimate of drug-likeness (QED) is 0.259. The highest BCUT2D eigenvalue weighted by Gasteiger charge is 2.32. The third-order valence-corrected chi connectivity index (χ3v) is 7.65. The molecule has 0 radical (unpaired) electrons. The van der Waals surface area contributed by atoms with Crippen molar-refractivity contribution < 1.29 is 23.8 Å². The molecule has 3 aliphatic rings. The van der Waals surface area contributed by atoms with Crippen molar-refractivity contribution in [3.05, 3.63) is 59.8 Å². The monoisotopic (exact) mass is 525 g/mol. The molecular formula is C32H47NO5. The maximum atomic E-state index is 13.1. The summed E-state index contributed by atoms with van der Waals surface area (Å²) in [6.45, 7) is 8.24. The van der Waals surface area contributed by atoms with E-state index in [1.54, 1.807) is 0 Å². The number of hydrogen-bond donors (Lipinski definition) is 1. The second-order valence-electron chi connectivity index (χ2n) is 11.3. The van der Waals surface area contributed by atoms with Gasteiger partial charge < -0.3 is 19.9 Å². The number of rotatable bonds is 5. The minimum atomic E-state index is -0.393. The van der Waals surface area contributed by atoms with Gasteiger partial charge in [-0.3, -0.25) is 9.59 Å². The number of amides is 1. The van der Waals surface area contributed by atoms with E-state index in [4.69, 9.17) is 19.9 Å². The van der Waals surface area contributed by atoms with Crippen molar-refractivity contribution in [1.29, 1.82) is 0 Å². The lowest BCUT2D eigenvalue weighted by atomic mass is 9.90. The Kier molecular flexibility index (Phi) is 12.1. The molecule has 2 N–H and O–H groups in total. The van der Waals surface area contributed by atoms with Crippen LogP contribution < -0.4 is 5.73 Å². The van der Waals surface area contributed by atoms with Gasteiger partial charge in [-0.2, -0.15) is 0 Å². The van der Waals surface area contributed by atoms with E-state index in [1.165, 1.54) is 12.0 Å². The zero-order valence-electron chi connectivity index (χ0n) is 23.6. The predicted molar refractivity (Wildman–Crippen MR) is 151 cm³/mol. The molecular weight excluding hydrogens is 478 g/mol. The standard InChI is InChI=1S/C32H47NO5/c1-5-25-18-28-20-27-12-9-11-26(36-27)16-23(3)14-15-24(4)30(38-32(35)21-29(19-25)37-28)13-8-6-7-10-22(2)17-31(33)34/h5-8,10,13-15,23-24,26-30H,9,11-12,16-21H2,1-4H3,(H2,33,34)/b7-6-,13-8+,15-14+,22-10+,25-5-. The molecule has 38 heavy (non-hydrogen) atoms. The van der Waals surface area contributed by atoms with Crippen molar-refractivity contribution >= 4 is 11.9 Å². The molecule has 2 fully saturated rings. The molecule has 0 aliphatic carbocycles. The third kappa shape index (κ3) is 10.4. The molecule has 0 aromatic rings. The SMILES string of the molecule is C/C=C1\CC2CC(=O)OC(/C=C/C=C\C=C(/C)CC(N)=O)C(C)/C=C/C(C)CC3CCCC(CC(C1)O2)O3. The van der Waals surface area contributed by atoms with Crippen LogP contribution in [0.25, 0.3) is 0 Å². The number of allylic oxidation sites excluding steroid dienone is 6. The number of ether oxygens (including phenoxy) is 3. The van der Waals surface area contributed by atoms with Crippen LogP contribution in [-0.2, 0) is 23.8 Å². The third-order valence-electron chi connectivity index (χ3n) is 7.65. The zero-order valence-corrected chi connectivity index (χ0v) is 23.6. The minimum absolute atomic E-state index is 0.0113. The molecule has 0 saturated carbocycles. The van der Waals surface area contributed by atoms with E-state index in [0.717, 1.165) is 44.1 Å². The lowest BCUT2D eigenvalue weighted by Gasteiger charge is -2.37. The number of esters is 1. The molecule has 2 saturated heterocycles. The van der Waals surface area contributed by atoms with Gasteiger partial charge in [0.05, 0.1) is 30.8 Å². The molecule has 7 unspecified atom stereocenters. The smallest absolute Gasteiger partial charge is 0.309 e. The van der Waals surface area contributed by atoms with Crippen LogP contribution in [0.4, 0.5) is 0 Å². The van der Waals surface area contributed by atoms with Crippen LogP contribution in [0.5, 0.6) is 0 Å². The molecule has 7 atom stereocenters. The molecule has 0 aromatic carbocycles. The van der Waals surface area contributed by atoms with Crippen molar-refractivity contribution in [2.75, 3.05) is 0 Å². The van der Waals surface area contributed by atoms with E-state index in [1.807, 2.05) is 37.3 Å². The first kappa shape index (κ1) is 30.1. The molecule has 3 aliphatic heterocycles. The molecule has 210 valence electrons.